The number of carbonyl (C=O) groups is 2. The zero-order valence-electron chi connectivity index (χ0n) is 15.9. The zero-order valence-corrected chi connectivity index (χ0v) is 16.7. The second-order valence-corrected chi connectivity index (χ2v) is 7.39. The smallest absolute Gasteiger partial charge is 0.267 e. The Labute approximate surface area is 172 Å². The first-order valence-electron chi connectivity index (χ1n) is 9.23. The van der Waals surface area contributed by atoms with E-state index in [4.69, 9.17) is 9.47 Å². The molecule has 0 spiro atoms. The Morgan fingerprint density at radius 1 is 1.07 bits per heavy atom. The summed E-state index contributed by atoms with van der Waals surface area (Å²) in [5, 5.41) is 3.88. The first-order valence-corrected chi connectivity index (χ1v) is 10.0. The van der Waals surface area contributed by atoms with Crippen LogP contribution in [0.3, 0.4) is 0 Å². The third-order valence-corrected chi connectivity index (χ3v) is 5.58. The van der Waals surface area contributed by atoms with E-state index in [9.17, 15) is 9.59 Å². The maximum atomic E-state index is 12.5. The number of rotatable bonds is 4. The summed E-state index contributed by atoms with van der Waals surface area (Å²) in [6, 6.07) is 5.68. The molecule has 1 saturated heterocycles. The van der Waals surface area contributed by atoms with Crippen LogP contribution in [0, 0.1) is 6.92 Å². The molecule has 0 N–H and O–H groups in total. The number of aromatic nitrogens is 2. The number of allylic oxidation sites excluding steroid dienone is 2. The molecule has 2 aliphatic rings. The Morgan fingerprint density at radius 2 is 1.83 bits per heavy atom. The molecule has 150 valence electrons. The highest BCUT2D eigenvalue weighted by Crippen LogP contribution is 2.32. The summed E-state index contributed by atoms with van der Waals surface area (Å²) in [6.07, 6.45) is 6.97. The standard InChI is InChI=1S/C20H20N4O4S/c1-14-19(29-22-21-14)20(26)24-10-8-23(9-11-24)18(25)5-3-2-4-15-6-7-16-17(12-15)28-13-27-16/h2-7,12H,8-11,13H2,1H3/b4-2+,5-3+. The largest absolute Gasteiger partial charge is 0.454 e. The van der Waals surface area contributed by atoms with Gasteiger partial charge in [0.15, 0.2) is 11.5 Å². The fourth-order valence-electron chi connectivity index (χ4n) is 3.13. The molecule has 1 aromatic heterocycles. The molecular formula is C20H20N4O4S. The Morgan fingerprint density at radius 3 is 2.59 bits per heavy atom. The van der Waals surface area contributed by atoms with Crippen molar-refractivity contribution in [1.82, 2.24) is 19.4 Å². The van der Waals surface area contributed by atoms with E-state index in [0.717, 1.165) is 28.6 Å². The zero-order chi connectivity index (χ0) is 20.2. The molecule has 0 atom stereocenters. The van der Waals surface area contributed by atoms with Gasteiger partial charge in [-0.05, 0) is 36.2 Å². The van der Waals surface area contributed by atoms with Crippen LogP contribution in [0.5, 0.6) is 11.5 Å². The number of carbonyl (C=O) groups excluding carboxylic acids is 2. The summed E-state index contributed by atoms with van der Waals surface area (Å²) < 4.78 is 14.4. The van der Waals surface area contributed by atoms with Crippen LogP contribution in [0.2, 0.25) is 0 Å². The highest BCUT2D eigenvalue weighted by atomic mass is 32.1. The van der Waals surface area contributed by atoms with Crippen molar-refractivity contribution in [3.63, 3.8) is 0 Å². The number of nitrogens with zero attached hydrogens (tertiary/aromatic N) is 4. The fourth-order valence-corrected chi connectivity index (χ4v) is 3.75. The average molecular weight is 412 g/mol. The van der Waals surface area contributed by atoms with E-state index >= 15 is 0 Å². The highest BCUT2D eigenvalue weighted by Gasteiger charge is 2.26. The van der Waals surface area contributed by atoms with Crippen molar-refractivity contribution >= 4 is 29.4 Å². The van der Waals surface area contributed by atoms with Crippen molar-refractivity contribution < 1.29 is 19.1 Å². The molecule has 1 aromatic carbocycles. The van der Waals surface area contributed by atoms with Gasteiger partial charge in [-0.1, -0.05) is 28.8 Å². The first kappa shape index (κ1) is 19.1. The van der Waals surface area contributed by atoms with E-state index in [-0.39, 0.29) is 18.6 Å². The normalized spacial score (nSPS) is 16.2. The molecule has 0 bridgehead atoms. The molecule has 4 rings (SSSR count). The maximum Gasteiger partial charge on any atom is 0.267 e. The van der Waals surface area contributed by atoms with Gasteiger partial charge in [0.1, 0.15) is 4.88 Å². The lowest BCUT2D eigenvalue weighted by molar-refractivity contribution is -0.127. The highest BCUT2D eigenvalue weighted by molar-refractivity contribution is 7.07. The molecule has 8 nitrogen and oxygen atoms in total. The SMILES string of the molecule is Cc1nnsc1C(=O)N1CCN(C(=O)/C=C/C=C/c2ccc3c(c2)OCO3)CC1. The Hall–Kier alpha value is -3.20. The number of fused-ring (bicyclic) bond motifs is 1. The maximum absolute atomic E-state index is 12.5. The van der Waals surface area contributed by atoms with Gasteiger partial charge in [0.2, 0.25) is 12.7 Å². The molecule has 29 heavy (non-hydrogen) atoms. The Bertz CT molecular complexity index is 977. The Kier molecular flexibility index (Phi) is 5.57. The summed E-state index contributed by atoms with van der Waals surface area (Å²) in [6.45, 7) is 4.04. The monoisotopic (exact) mass is 412 g/mol. The molecule has 9 heteroatoms. The van der Waals surface area contributed by atoms with Crippen LogP contribution in [0.15, 0.2) is 36.4 Å². The number of aryl methyl sites for hydroxylation is 1. The molecule has 0 saturated carbocycles. The molecule has 2 amide bonds. The van der Waals surface area contributed by atoms with Gasteiger partial charge in [0.05, 0.1) is 5.69 Å². The van der Waals surface area contributed by atoms with Crippen LogP contribution in [0.1, 0.15) is 20.9 Å². The van der Waals surface area contributed by atoms with E-state index in [0.29, 0.717) is 36.8 Å². The van der Waals surface area contributed by atoms with Crippen LogP contribution in [0.25, 0.3) is 6.08 Å². The van der Waals surface area contributed by atoms with Gasteiger partial charge in [-0.2, -0.15) is 0 Å². The number of amides is 2. The number of piperazine rings is 1. The van der Waals surface area contributed by atoms with Crippen molar-refractivity contribution in [3.8, 4) is 11.5 Å². The number of hydrogen-bond acceptors (Lipinski definition) is 7. The third-order valence-electron chi connectivity index (χ3n) is 4.76. The van der Waals surface area contributed by atoms with E-state index < -0.39 is 0 Å². The van der Waals surface area contributed by atoms with Gasteiger partial charge in [-0.3, -0.25) is 9.59 Å². The minimum absolute atomic E-state index is 0.0631. The molecule has 0 unspecified atom stereocenters. The topological polar surface area (TPSA) is 84.9 Å². The van der Waals surface area contributed by atoms with E-state index in [1.807, 2.05) is 30.4 Å². The molecule has 1 fully saturated rings. The number of hydrogen-bond donors (Lipinski definition) is 0. The molecule has 2 aliphatic heterocycles. The fraction of sp³-hybridized carbons (Fsp3) is 0.300. The first-order chi connectivity index (χ1) is 14.1. The van der Waals surface area contributed by atoms with Crippen molar-refractivity contribution in [1.29, 1.82) is 0 Å². The van der Waals surface area contributed by atoms with E-state index in [2.05, 4.69) is 9.59 Å². The van der Waals surface area contributed by atoms with Gasteiger partial charge >= 0.3 is 0 Å². The van der Waals surface area contributed by atoms with Crippen molar-refractivity contribution in [3.05, 3.63) is 52.6 Å². The molecule has 2 aromatic rings. The van der Waals surface area contributed by atoms with Crippen LogP contribution >= 0.6 is 11.5 Å². The minimum atomic E-state index is -0.0666. The summed E-state index contributed by atoms with van der Waals surface area (Å²) in [4.78, 5) is 28.9. The molecule has 0 aliphatic carbocycles. The second kappa shape index (κ2) is 8.44. The quantitative estimate of drug-likeness (QED) is 0.565. The van der Waals surface area contributed by atoms with E-state index in [1.165, 1.54) is 6.08 Å². The van der Waals surface area contributed by atoms with Crippen LogP contribution < -0.4 is 9.47 Å². The van der Waals surface area contributed by atoms with E-state index in [1.54, 1.807) is 22.8 Å². The minimum Gasteiger partial charge on any atom is -0.454 e. The van der Waals surface area contributed by atoms with Crippen molar-refractivity contribution in [2.75, 3.05) is 33.0 Å². The van der Waals surface area contributed by atoms with Crippen LogP contribution in [0.4, 0.5) is 0 Å². The number of benzene rings is 1. The predicted molar refractivity (Wildman–Crippen MR) is 108 cm³/mol. The van der Waals surface area contributed by atoms with Crippen LogP contribution in [-0.2, 0) is 4.79 Å². The molecular weight excluding hydrogens is 392 g/mol. The summed E-state index contributed by atoms with van der Waals surface area (Å²) >= 11 is 1.11. The Balaban J connectivity index is 1.27. The lowest BCUT2D eigenvalue weighted by atomic mass is 10.2. The lowest BCUT2D eigenvalue weighted by Crippen LogP contribution is -2.50. The number of ether oxygens (including phenoxy) is 2. The van der Waals surface area contributed by atoms with Crippen molar-refractivity contribution in [2.45, 2.75) is 6.92 Å². The average Bonchev–Trinajstić information content (AvgIpc) is 3.39. The van der Waals surface area contributed by atoms with Crippen LogP contribution in [-0.4, -0.2) is 64.2 Å². The van der Waals surface area contributed by atoms with Gasteiger partial charge in [-0.25, -0.2) is 0 Å². The summed E-state index contributed by atoms with van der Waals surface area (Å²) in [7, 11) is 0. The van der Waals surface area contributed by atoms with Gasteiger partial charge in [0, 0.05) is 32.3 Å². The molecule has 0 radical (unpaired) electrons. The van der Waals surface area contributed by atoms with Crippen molar-refractivity contribution in [2.24, 2.45) is 0 Å². The van der Waals surface area contributed by atoms with Gasteiger partial charge in [-0.15, -0.1) is 5.10 Å². The summed E-state index contributed by atoms with van der Waals surface area (Å²) in [5.41, 5.74) is 1.61. The molecule has 3 heterocycles. The van der Waals surface area contributed by atoms with Gasteiger partial charge < -0.3 is 19.3 Å². The second-order valence-electron chi connectivity index (χ2n) is 6.64. The third kappa shape index (κ3) is 4.29. The van der Waals surface area contributed by atoms with Gasteiger partial charge in [0.25, 0.3) is 5.91 Å². The lowest BCUT2D eigenvalue weighted by Gasteiger charge is -2.34. The summed E-state index contributed by atoms with van der Waals surface area (Å²) in [5.74, 6) is 1.34. The predicted octanol–water partition coefficient (Wildman–Crippen LogP) is 2.13.